The molecule has 1 fully saturated rings. The second-order valence-corrected chi connectivity index (χ2v) is 5.53. The van der Waals surface area contributed by atoms with Gasteiger partial charge in [0.05, 0.1) is 5.60 Å². The molecule has 0 radical (unpaired) electrons. The van der Waals surface area contributed by atoms with E-state index in [1.165, 1.54) is 22.8 Å². The first kappa shape index (κ1) is 10.4. The molecular weight excluding hydrogens is 287 g/mol. The molecule has 0 saturated heterocycles. The van der Waals surface area contributed by atoms with Gasteiger partial charge in [-0.1, -0.05) is 18.6 Å². The highest BCUT2D eigenvalue weighted by molar-refractivity contribution is 14.1. The van der Waals surface area contributed by atoms with Crippen LogP contribution in [-0.2, 0) is 5.60 Å². The Kier molecular flexibility index (Phi) is 2.84. The minimum Gasteiger partial charge on any atom is -0.385 e. The summed E-state index contributed by atoms with van der Waals surface area (Å²) in [6.45, 7) is 1.94. The van der Waals surface area contributed by atoms with Crippen LogP contribution < -0.4 is 0 Å². The normalized spacial score (nSPS) is 21.4. The van der Waals surface area contributed by atoms with Gasteiger partial charge < -0.3 is 5.11 Å². The predicted molar refractivity (Wildman–Crippen MR) is 66.1 cm³/mol. The minimum atomic E-state index is -0.622. The maximum Gasteiger partial charge on any atom is 0.0896 e. The van der Waals surface area contributed by atoms with E-state index in [2.05, 4.69) is 34.7 Å². The Balaban J connectivity index is 2.23. The largest absolute Gasteiger partial charge is 0.385 e. The lowest BCUT2D eigenvalue weighted by Gasteiger charge is -2.39. The number of benzene rings is 1. The molecule has 1 unspecified atom stereocenters. The van der Waals surface area contributed by atoms with Gasteiger partial charge in [0.25, 0.3) is 0 Å². The molecule has 1 saturated carbocycles. The molecule has 0 aromatic heterocycles. The van der Waals surface area contributed by atoms with Gasteiger partial charge in [-0.2, -0.15) is 0 Å². The van der Waals surface area contributed by atoms with Crippen LogP contribution in [0.1, 0.15) is 31.7 Å². The van der Waals surface area contributed by atoms with Crippen molar-refractivity contribution in [1.29, 1.82) is 0 Å². The van der Waals surface area contributed by atoms with Gasteiger partial charge in [-0.15, -0.1) is 0 Å². The Morgan fingerprint density at radius 3 is 2.29 bits per heavy atom. The molecule has 1 nitrogen and oxygen atoms in total. The highest BCUT2D eigenvalue weighted by atomic mass is 127. The topological polar surface area (TPSA) is 20.2 Å². The molecule has 1 aromatic rings. The number of rotatable bonds is 2. The van der Waals surface area contributed by atoms with Crippen LogP contribution in [0, 0.1) is 9.49 Å². The molecular formula is C12H15IO. The summed E-state index contributed by atoms with van der Waals surface area (Å²) < 4.78 is 1.22. The van der Waals surface area contributed by atoms with Crippen molar-refractivity contribution in [3.05, 3.63) is 33.4 Å². The molecule has 76 valence electrons. The fraction of sp³-hybridized carbons (Fsp3) is 0.500. The van der Waals surface area contributed by atoms with E-state index in [0.717, 1.165) is 5.56 Å². The second kappa shape index (κ2) is 3.81. The van der Waals surface area contributed by atoms with Crippen LogP contribution in [0.2, 0.25) is 0 Å². The quantitative estimate of drug-likeness (QED) is 0.831. The molecule has 0 bridgehead atoms. The Morgan fingerprint density at radius 1 is 1.29 bits per heavy atom. The van der Waals surface area contributed by atoms with Crippen LogP contribution in [0.15, 0.2) is 24.3 Å². The van der Waals surface area contributed by atoms with Crippen molar-refractivity contribution < 1.29 is 5.11 Å². The molecule has 1 aliphatic rings. The molecule has 0 aliphatic heterocycles. The van der Waals surface area contributed by atoms with Gasteiger partial charge in [-0.25, -0.2) is 0 Å². The number of hydrogen-bond acceptors (Lipinski definition) is 1. The summed E-state index contributed by atoms with van der Waals surface area (Å²) in [7, 11) is 0. The van der Waals surface area contributed by atoms with Gasteiger partial charge >= 0.3 is 0 Å². The molecule has 2 heteroatoms. The lowest BCUT2D eigenvalue weighted by Crippen LogP contribution is -2.36. The molecule has 1 aromatic carbocycles. The number of hydrogen-bond donors (Lipinski definition) is 1. The van der Waals surface area contributed by atoms with Gasteiger partial charge in [0, 0.05) is 3.57 Å². The van der Waals surface area contributed by atoms with Crippen LogP contribution in [0.4, 0.5) is 0 Å². The molecule has 2 rings (SSSR count). The fourth-order valence-corrected chi connectivity index (χ4v) is 2.35. The predicted octanol–water partition coefficient (Wildman–Crippen LogP) is 3.30. The minimum absolute atomic E-state index is 0.461. The van der Waals surface area contributed by atoms with Gasteiger partial charge in [0.1, 0.15) is 0 Å². The van der Waals surface area contributed by atoms with Crippen molar-refractivity contribution in [3.63, 3.8) is 0 Å². The maximum atomic E-state index is 10.4. The third-order valence-electron chi connectivity index (χ3n) is 3.33. The summed E-state index contributed by atoms with van der Waals surface area (Å²) in [5.41, 5.74) is 0.436. The van der Waals surface area contributed by atoms with Crippen molar-refractivity contribution in [1.82, 2.24) is 0 Å². The standard InChI is InChI=1S/C12H15IO/c1-12(14,9-3-2-4-9)10-5-7-11(13)8-6-10/h5-9,14H,2-4H2,1H3. The second-order valence-electron chi connectivity index (χ2n) is 4.28. The Morgan fingerprint density at radius 2 is 1.86 bits per heavy atom. The van der Waals surface area contributed by atoms with E-state index >= 15 is 0 Å². The lowest BCUT2D eigenvalue weighted by atomic mass is 9.71. The Bertz CT molecular complexity index is 312. The molecule has 0 spiro atoms. The van der Waals surface area contributed by atoms with Crippen molar-refractivity contribution in [3.8, 4) is 0 Å². The van der Waals surface area contributed by atoms with Crippen molar-refractivity contribution >= 4 is 22.6 Å². The summed E-state index contributed by atoms with van der Waals surface area (Å²) in [5, 5.41) is 10.4. The highest BCUT2D eigenvalue weighted by Gasteiger charge is 2.37. The summed E-state index contributed by atoms with van der Waals surface area (Å²) in [6, 6.07) is 8.20. The summed E-state index contributed by atoms with van der Waals surface area (Å²) >= 11 is 2.28. The zero-order valence-electron chi connectivity index (χ0n) is 8.33. The highest BCUT2D eigenvalue weighted by Crippen LogP contribution is 2.42. The van der Waals surface area contributed by atoms with E-state index in [1.54, 1.807) is 0 Å². The molecule has 0 amide bonds. The van der Waals surface area contributed by atoms with Crippen molar-refractivity contribution in [2.45, 2.75) is 31.8 Å². The lowest BCUT2D eigenvalue weighted by molar-refractivity contribution is -0.0399. The Labute approximate surface area is 98.7 Å². The first-order valence-corrected chi connectivity index (χ1v) is 6.17. The first-order chi connectivity index (χ1) is 6.60. The average molecular weight is 302 g/mol. The van der Waals surface area contributed by atoms with E-state index in [4.69, 9.17) is 0 Å². The van der Waals surface area contributed by atoms with Crippen LogP contribution in [0.5, 0.6) is 0 Å². The summed E-state index contributed by atoms with van der Waals surface area (Å²) in [4.78, 5) is 0. The summed E-state index contributed by atoms with van der Waals surface area (Å²) in [6.07, 6.45) is 3.60. The molecule has 1 N–H and O–H groups in total. The van der Waals surface area contributed by atoms with Crippen LogP contribution >= 0.6 is 22.6 Å². The smallest absolute Gasteiger partial charge is 0.0896 e. The van der Waals surface area contributed by atoms with Crippen LogP contribution in [0.3, 0.4) is 0 Å². The zero-order chi connectivity index (χ0) is 10.2. The summed E-state index contributed by atoms with van der Waals surface area (Å²) in [5.74, 6) is 0.461. The van der Waals surface area contributed by atoms with Gasteiger partial charge in [0.15, 0.2) is 0 Å². The number of halogens is 1. The van der Waals surface area contributed by atoms with E-state index < -0.39 is 5.60 Å². The monoisotopic (exact) mass is 302 g/mol. The van der Waals surface area contributed by atoms with Crippen LogP contribution in [0.25, 0.3) is 0 Å². The van der Waals surface area contributed by atoms with Crippen molar-refractivity contribution in [2.75, 3.05) is 0 Å². The maximum absolute atomic E-state index is 10.4. The third kappa shape index (κ3) is 1.82. The molecule has 1 aliphatic carbocycles. The van der Waals surface area contributed by atoms with E-state index in [0.29, 0.717) is 5.92 Å². The Hall–Kier alpha value is -0.0900. The van der Waals surface area contributed by atoms with Gasteiger partial charge in [-0.05, 0) is 66.0 Å². The van der Waals surface area contributed by atoms with Crippen molar-refractivity contribution in [2.24, 2.45) is 5.92 Å². The SMILES string of the molecule is CC(O)(c1ccc(I)cc1)C1CCC1. The molecule has 14 heavy (non-hydrogen) atoms. The fourth-order valence-electron chi connectivity index (χ4n) is 1.99. The molecule has 1 atom stereocenters. The first-order valence-electron chi connectivity index (χ1n) is 5.09. The van der Waals surface area contributed by atoms with E-state index in [-0.39, 0.29) is 0 Å². The van der Waals surface area contributed by atoms with E-state index in [1.807, 2.05) is 19.1 Å². The zero-order valence-corrected chi connectivity index (χ0v) is 10.5. The average Bonchev–Trinajstić information content (AvgIpc) is 2.00. The van der Waals surface area contributed by atoms with Crippen LogP contribution in [-0.4, -0.2) is 5.11 Å². The molecule has 0 heterocycles. The third-order valence-corrected chi connectivity index (χ3v) is 4.05. The number of aliphatic hydroxyl groups is 1. The van der Waals surface area contributed by atoms with Gasteiger partial charge in [0.2, 0.25) is 0 Å². The van der Waals surface area contributed by atoms with E-state index in [9.17, 15) is 5.11 Å². The van der Waals surface area contributed by atoms with Gasteiger partial charge in [-0.3, -0.25) is 0 Å².